The maximum atomic E-state index is 14.3. The zero-order valence-electron chi connectivity index (χ0n) is 22.3. The van der Waals surface area contributed by atoms with E-state index in [1.54, 1.807) is 6.07 Å². The summed E-state index contributed by atoms with van der Waals surface area (Å²) in [4.78, 5) is 0. The molecule has 0 bridgehead atoms. The van der Waals surface area contributed by atoms with Crippen molar-refractivity contribution in [2.24, 2.45) is 0 Å². The fourth-order valence-corrected chi connectivity index (χ4v) is 5.12. The summed E-state index contributed by atoms with van der Waals surface area (Å²) in [5.41, 5.74) is 6.81. The summed E-state index contributed by atoms with van der Waals surface area (Å²) in [5.74, 6) is -0.133. The van der Waals surface area contributed by atoms with Crippen molar-refractivity contribution in [1.29, 1.82) is 0 Å². The van der Waals surface area contributed by atoms with Crippen LogP contribution in [0.1, 0.15) is 88.1 Å². The van der Waals surface area contributed by atoms with Crippen LogP contribution in [0.15, 0.2) is 66.7 Å². The van der Waals surface area contributed by atoms with Crippen LogP contribution < -0.4 is 0 Å². The molecule has 1 nitrogen and oxygen atoms in total. The zero-order chi connectivity index (χ0) is 25.6. The molecule has 0 aliphatic heterocycles. The minimum Gasteiger partial charge on any atom is -0.386 e. The van der Waals surface area contributed by atoms with Crippen molar-refractivity contribution in [1.82, 2.24) is 0 Å². The van der Waals surface area contributed by atoms with E-state index in [1.165, 1.54) is 16.7 Å². The summed E-state index contributed by atoms with van der Waals surface area (Å²) < 4.78 is 14.3. The van der Waals surface area contributed by atoms with Crippen molar-refractivity contribution >= 4 is 6.08 Å². The Hall–Kier alpha value is -2.71. The van der Waals surface area contributed by atoms with Crippen LogP contribution in [0.5, 0.6) is 0 Å². The van der Waals surface area contributed by atoms with Crippen LogP contribution >= 0.6 is 0 Å². The molecule has 3 aromatic rings. The lowest BCUT2D eigenvalue weighted by molar-refractivity contribution is 0.0836. The fraction of sp³-hybridized carbons (Fsp3) is 0.394. The summed E-state index contributed by atoms with van der Waals surface area (Å²) in [6, 6.07) is 20.9. The van der Waals surface area contributed by atoms with Crippen LogP contribution in [0.2, 0.25) is 0 Å². The third-order valence-electron chi connectivity index (χ3n) is 8.03. The van der Waals surface area contributed by atoms with E-state index in [-0.39, 0.29) is 11.2 Å². The molecule has 0 atom stereocenters. The average Bonchev–Trinajstić information content (AvgIpc) is 2.89. The van der Waals surface area contributed by atoms with Gasteiger partial charge in [0.1, 0.15) is 5.82 Å². The SMILES string of the molecule is CCc1ccc(-c2ccc(C(CC)(CC)c3ccc(/C=C/C(O)(CC)CC)c(C)c3)cc2)cc1F. The summed E-state index contributed by atoms with van der Waals surface area (Å²) in [7, 11) is 0. The van der Waals surface area contributed by atoms with Crippen LogP contribution in [0.4, 0.5) is 4.39 Å². The first-order chi connectivity index (χ1) is 16.8. The van der Waals surface area contributed by atoms with Crippen molar-refractivity contribution in [3.05, 3.63) is 100 Å². The topological polar surface area (TPSA) is 20.2 Å². The lowest BCUT2D eigenvalue weighted by Crippen LogP contribution is -2.26. The summed E-state index contributed by atoms with van der Waals surface area (Å²) in [6.45, 7) is 12.7. The van der Waals surface area contributed by atoms with E-state index in [9.17, 15) is 9.50 Å². The highest BCUT2D eigenvalue weighted by Crippen LogP contribution is 2.40. The zero-order valence-corrected chi connectivity index (χ0v) is 22.3. The Balaban J connectivity index is 1.95. The third kappa shape index (κ3) is 5.59. The minimum absolute atomic E-state index is 0.0869. The van der Waals surface area contributed by atoms with Gasteiger partial charge in [0.05, 0.1) is 5.60 Å². The van der Waals surface area contributed by atoms with Crippen LogP contribution in [0.3, 0.4) is 0 Å². The van der Waals surface area contributed by atoms with E-state index in [0.29, 0.717) is 19.3 Å². The van der Waals surface area contributed by atoms with Crippen molar-refractivity contribution < 1.29 is 9.50 Å². The molecular weight excluding hydrogens is 431 g/mol. The van der Waals surface area contributed by atoms with E-state index >= 15 is 0 Å². The molecule has 186 valence electrons. The van der Waals surface area contributed by atoms with Gasteiger partial charge in [-0.05, 0) is 84.0 Å². The molecule has 35 heavy (non-hydrogen) atoms. The smallest absolute Gasteiger partial charge is 0.127 e. The highest BCUT2D eigenvalue weighted by Gasteiger charge is 2.31. The maximum Gasteiger partial charge on any atom is 0.127 e. The van der Waals surface area contributed by atoms with E-state index in [4.69, 9.17) is 0 Å². The molecule has 0 aliphatic carbocycles. The minimum atomic E-state index is -0.747. The summed E-state index contributed by atoms with van der Waals surface area (Å²) in [6.07, 6.45) is 8.09. The quantitative estimate of drug-likeness (QED) is 0.312. The molecular formula is C33H41FO. The molecule has 3 rings (SSSR count). The van der Waals surface area contributed by atoms with E-state index in [2.05, 4.69) is 69.3 Å². The van der Waals surface area contributed by atoms with Crippen molar-refractivity contribution in [3.63, 3.8) is 0 Å². The molecule has 0 heterocycles. The standard InChI is InChI=1S/C33H41FO/c1-7-25-12-13-28(23-31(25)34)27-15-17-29(18-16-27)33(10-4,11-5)30-19-14-26(24(6)22-30)20-21-32(35,8-2)9-3/h12-23,35H,7-11H2,1-6H3/b21-20+. The lowest BCUT2D eigenvalue weighted by Gasteiger charge is -2.34. The average molecular weight is 473 g/mol. The molecule has 2 heteroatoms. The number of hydrogen-bond acceptors (Lipinski definition) is 1. The largest absolute Gasteiger partial charge is 0.386 e. The summed E-state index contributed by atoms with van der Waals surface area (Å²) >= 11 is 0. The number of rotatable bonds is 10. The molecule has 0 saturated carbocycles. The Morgan fingerprint density at radius 1 is 0.743 bits per heavy atom. The molecule has 0 unspecified atom stereocenters. The number of hydrogen-bond donors (Lipinski definition) is 1. The van der Waals surface area contributed by atoms with Gasteiger partial charge in [0.2, 0.25) is 0 Å². The maximum absolute atomic E-state index is 14.3. The van der Waals surface area contributed by atoms with E-state index in [1.807, 2.05) is 39.0 Å². The second kappa shape index (κ2) is 11.4. The Morgan fingerprint density at radius 3 is 1.86 bits per heavy atom. The molecule has 1 N–H and O–H groups in total. The molecule has 0 amide bonds. The summed E-state index contributed by atoms with van der Waals surface area (Å²) in [5, 5.41) is 10.6. The molecule has 0 saturated heterocycles. The highest BCUT2D eigenvalue weighted by atomic mass is 19.1. The van der Waals surface area contributed by atoms with Crippen molar-refractivity contribution in [3.8, 4) is 11.1 Å². The molecule has 0 spiro atoms. The predicted molar refractivity (Wildman–Crippen MR) is 148 cm³/mol. The Kier molecular flexibility index (Phi) is 8.72. The Labute approximate surface area is 211 Å². The van der Waals surface area contributed by atoms with Gasteiger partial charge in [-0.3, -0.25) is 0 Å². The molecule has 0 aliphatic rings. The van der Waals surface area contributed by atoms with Gasteiger partial charge in [-0.1, -0.05) is 101 Å². The second-order valence-corrected chi connectivity index (χ2v) is 9.74. The van der Waals surface area contributed by atoms with Gasteiger partial charge in [-0.15, -0.1) is 0 Å². The first kappa shape index (κ1) is 26.9. The van der Waals surface area contributed by atoms with Crippen molar-refractivity contribution in [2.45, 2.75) is 84.7 Å². The Morgan fingerprint density at radius 2 is 1.34 bits per heavy atom. The van der Waals surface area contributed by atoms with Crippen LogP contribution in [-0.4, -0.2) is 10.7 Å². The fourth-order valence-electron chi connectivity index (χ4n) is 5.12. The van der Waals surface area contributed by atoms with Gasteiger partial charge in [0.25, 0.3) is 0 Å². The van der Waals surface area contributed by atoms with Gasteiger partial charge < -0.3 is 5.11 Å². The number of halogens is 1. The van der Waals surface area contributed by atoms with Crippen LogP contribution in [0, 0.1) is 12.7 Å². The van der Waals surface area contributed by atoms with Gasteiger partial charge in [0, 0.05) is 5.41 Å². The van der Waals surface area contributed by atoms with E-state index in [0.717, 1.165) is 35.1 Å². The second-order valence-electron chi connectivity index (χ2n) is 9.74. The van der Waals surface area contributed by atoms with Gasteiger partial charge >= 0.3 is 0 Å². The van der Waals surface area contributed by atoms with Crippen molar-refractivity contribution in [2.75, 3.05) is 0 Å². The normalized spacial score (nSPS) is 12.5. The first-order valence-electron chi connectivity index (χ1n) is 13.2. The number of aryl methyl sites for hydroxylation is 2. The monoisotopic (exact) mass is 472 g/mol. The Bertz CT molecular complexity index is 1150. The first-order valence-corrected chi connectivity index (χ1v) is 13.2. The number of aliphatic hydroxyl groups is 1. The van der Waals surface area contributed by atoms with Gasteiger partial charge in [0.15, 0.2) is 0 Å². The van der Waals surface area contributed by atoms with Gasteiger partial charge in [-0.2, -0.15) is 0 Å². The molecule has 0 fully saturated rings. The lowest BCUT2D eigenvalue weighted by atomic mass is 9.70. The third-order valence-corrected chi connectivity index (χ3v) is 8.03. The predicted octanol–water partition coefficient (Wildman–Crippen LogP) is 9.03. The van der Waals surface area contributed by atoms with Crippen LogP contribution in [-0.2, 0) is 11.8 Å². The van der Waals surface area contributed by atoms with Crippen LogP contribution in [0.25, 0.3) is 17.2 Å². The van der Waals surface area contributed by atoms with E-state index < -0.39 is 5.60 Å². The molecule has 0 radical (unpaired) electrons. The number of benzene rings is 3. The molecule has 3 aromatic carbocycles. The van der Waals surface area contributed by atoms with Gasteiger partial charge in [-0.25, -0.2) is 4.39 Å². The highest BCUT2D eigenvalue weighted by molar-refractivity contribution is 5.65. The molecule has 0 aromatic heterocycles.